The molecular weight excluding hydrogens is 402 g/mol. The number of benzene rings is 2. The average molecular weight is 432 g/mol. The summed E-state index contributed by atoms with van der Waals surface area (Å²) in [6.45, 7) is 4.31. The standard InChI is InChI=1S/C27H29NO2S/c1-5-20(22-7-11-24(29-3)12-8-22)15-19-16-26(31-27(28)17-19)18-21(6-2)23-9-13-25(30-4)14-10-23/h7-18,28H,5-6H2,1-4H3. The SMILES string of the molecule is CCC(=Cc1cc(C=C(CC)c2ccc(OC)cc2)sc(=N)c1)c1ccc(OC)cc1. The third-order valence-corrected chi connectivity index (χ3v) is 5.98. The molecule has 0 bridgehead atoms. The van der Waals surface area contributed by atoms with E-state index in [-0.39, 0.29) is 0 Å². The van der Waals surface area contributed by atoms with Crippen LogP contribution in [0.1, 0.15) is 48.3 Å². The molecule has 3 aromatic rings. The lowest BCUT2D eigenvalue weighted by Crippen LogP contribution is -1.95. The number of rotatable bonds is 8. The molecule has 0 atom stereocenters. The van der Waals surface area contributed by atoms with Crippen LogP contribution >= 0.6 is 11.3 Å². The van der Waals surface area contributed by atoms with Gasteiger partial charge in [-0.3, -0.25) is 5.41 Å². The molecule has 160 valence electrons. The Bertz CT molecular complexity index is 1040. The van der Waals surface area contributed by atoms with E-state index in [0.29, 0.717) is 4.67 Å². The van der Waals surface area contributed by atoms with E-state index >= 15 is 0 Å². The van der Waals surface area contributed by atoms with Crippen LogP contribution in [0.2, 0.25) is 0 Å². The summed E-state index contributed by atoms with van der Waals surface area (Å²) < 4.78 is 11.1. The lowest BCUT2D eigenvalue weighted by molar-refractivity contribution is 0.414. The quantitative estimate of drug-likeness (QED) is 0.412. The fraction of sp³-hybridized carbons (Fsp3) is 0.222. The Hall–Kier alpha value is -3.11. The van der Waals surface area contributed by atoms with Gasteiger partial charge in [-0.1, -0.05) is 44.2 Å². The second kappa shape index (κ2) is 10.8. The fourth-order valence-corrected chi connectivity index (χ4v) is 4.30. The van der Waals surface area contributed by atoms with Crippen LogP contribution in [0.15, 0.2) is 60.7 Å². The highest BCUT2D eigenvalue weighted by Crippen LogP contribution is 2.27. The number of methoxy groups -OCH3 is 2. The molecule has 0 saturated heterocycles. The first-order chi connectivity index (χ1) is 15.1. The zero-order valence-electron chi connectivity index (χ0n) is 18.6. The predicted molar refractivity (Wildman–Crippen MR) is 132 cm³/mol. The molecule has 0 radical (unpaired) electrons. The van der Waals surface area contributed by atoms with Crippen LogP contribution in [0.25, 0.3) is 23.3 Å². The number of hydrogen-bond acceptors (Lipinski definition) is 4. The van der Waals surface area contributed by atoms with Crippen molar-refractivity contribution in [2.24, 2.45) is 0 Å². The normalized spacial score (nSPS) is 12.0. The van der Waals surface area contributed by atoms with Gasteiger partial charge in [0, 0.05) is 4.88 Å². The van der Waals surface area contributed by atoms with Gasteiger partial charge in [0.2, 0.25) is 0 Å². The molecule has 1 aromatic heterocycles. The van der Waals surface area contributed by atoms with Gasteiger partial charge in [-0.15, -0.1) is 11.3 Å². The van der Waals surface area contributed by atoms with Gasteiger partial charge in [0.05, 0.1) is 14.2 Å². The molecule has 31 heavy (non-hydrogen) atoms. The maximum atomic E-state index is 8.32. The molecule has 3 rings (SSSR count). The zero-order chi connectivity index (χ0) is 22.2. The Morgan fingerprint density at radius 2 is 1.26 bits per heavy atom. The summed E-state index contributed by atoms with van der Waals surface area (Å²) in [5.41, 5.74) is 5.87. The zero-order valence-corrected chi connectivity index (χ0v) is 19.4. The molecule has 0 aliphatic rings. The smallest absolute Gasteiger partial charge is 0.118 e. The number of hydrogen-bond donors (Lipinski definition) is 1. The van der Waals surface area contributed by atoms with Crippen LogP contribution in [0.4, 0.5) is 0 Å². The van der Waals surface area contributed by atoms with Crippen molar-refractivity contribution < 1.29 is 9.47 Å². The summed E-state index contributed by atoms with van der Waals surface area (Å²) in [7, 11) is 3.36. The molecule has 4 heteroatoms. The second-order valence-electron chi connectivity index (χ2n) is 7.16. The summed E-state index contributed by atoms with van der Waals surface area (Å²) in [6, 6.07) is 20.4. The molecule has 3 nitrogen and oxygen atoms in total. The maximum Gasteiger partial charge on any atom is 0.118 e. The highest BCUT2D eigenvalue weighted by molar-refractivity contribution is 7.10. The Balaban J connectivity index is 1.96. The molecule has 0 amide bonds. The molecule has 0 aliphatic carbocycles. The Labute approximate surface area is 188 Å². The lowest BCUT2D eigenvalue weighted by Gasteiger charge is -2.09. The first-order valence-corrected chi connectivity index (χ1v) is 11.3. The minimum Gasteiger partial charge on any atom is -0.497 e. The minimum atomic E-state index is 0.551. The molecule has 0 saturated carbocycles. The van der Waals surface area contributed by atoms with E-state index in [2.05, 4.69) is 56.3 Å². The monoisotopic (exact) mass is 431 g/mol. The molecule has 2 aromatic carbocycles. The van der Waals surface area contributed by atoms with Crippen LogP contribution in [-0.2, 0) is 0 Å². The van der Waals surface area contributed by atoms with E-state index in [1.165, 1.54) is 33.6 Å². The van der Waals surface area contributed by atoms with Crippen LogP contribution < -0.4 is 14.1 Å². The number of allylic oxidation sites excluding steroid dienone is 2. The Morgan fingerprint density at radius 1 is 0.774 bits per heavy atom. The van der Waals surface area contributed by atoms with Crippen molar-refractivity contribution in [1.82, 2.24) is 0 Å². The van der Waals surface area contributed by atoms with Gasteiger partial charge in [0.25, 0.3) is 0 Å². The van der Waals surface area contributed by atoms with E-state index < -0.39 is 0 Å². The maximum absolute atomic E-state index is 8.32. The summed E-state index contributed by atoms with van der Waals surface area (Å²) in [6.07, 6.45) is 6.21. The van der Waals surface area contributed by atoms with Crippen molar-refractivity contribution in [3.8, 4) is 11.5 Å². The lowest BCUT2D eigenvalue weighted by atomic mass is 10.00. The summed E-state index contributed by atoms with van der Waals surface area (Å²) in [5, 5.41) is 8.32. The minimum absolute atomic E-state index is 0.551. The molecule has 1 N–H and O–H groups in total. The summed E-state index contributed by atoms with van der Waals surface area (Å²) in [5.74, 6) is 1.71. The van der Waals surface area contributed by atoms with Gasteiger partial charge in [-0.25, -0.2) is 0 Å². The van der Waals surface area contributed by atoms with Crippen LogP contribution in [0.5, 0.6) is 11.5 Å². The topological polar surface area (TPSA) is 42.3 Å². The number of ether oxygens (including phenoxy) is 2. The second-order valence-corrected chi connectivity index (χ2v) is 8.28. The molecule has 0 unspecified atom stereocenters. The van der Waals surface area contributed by atoms with Gasteiger partial charge in [0.1, 0.15) is 16.2 Å². The molecule has 0 fully saturated rings. The summed E-state index contributed by atoms with van der Waals surface area (Å²) in [4.78, 5) is 1.08. The predicted octanol–water partition coefficient (Wildman–Crippen LogP) is 7.15. The van der Waals surface area contributed by atoms with E-state index in [1.54, 1.807) is 14.2 Å². The Kier molecular flexibility index (Phi) is 7.85. The van der Waals surface area contributed by atoms with Crippen LogP contribution in [0.3, 0.4) is 0 Å². The largest absolute Gasteiger partial charge is 0.497 e. The third-order valence-electron chi connectivity index (χ3n) is 5.18. The first-order valence-electron chi connectivity index (χ1n) is 10.5. The van der Waals surface area contributed by atoms with E-state index in [4.69, 9.17) is 14.9 Å². The van der Waals surface area contributed by atoms with E-state index in [9.17, 15) is 0 Å². The average Bonchev–Trinajstić information content (AvgIpc) is 2.81. The molecule has 0 aliphatic heterocycles. The van der Waals surface area contributed by atoms with Crippen molar-refractivity contribution >= 4 is 34.6 Å². The Morgan fingerprint density at radius 3 is 1.71 bits per heavy atom. The van der Waals surface area contributed by atoms with Crippen molar-refractivity contribution in [1.29, 1.82) is 5.41 Å². The number of nitrogens with one attached hydrogen (secondary N) is 1. The van der Waals surface area contributed by atoms with Gasteiger partial charge in [-0.05, 0) is 83.2 Å². The van der Waals surface area contributed by atoms with Crippen molar-refractivity contribution in [3.05, 3.63) is 86.9 Å². The van der Waals surface area contributed by atoms with Crippen molar-refractivity contribution in [2.45, 2.75) is 26.7 Å². The summed E-state index contributed by atoms with van der Waals surface area (Å²) >= 11 is 1.49. The highest BCUT2D eigenvalue weighted by Gasteiger charge is 2.05. The van der Waals surface area contributed by atoms with Gasteiger partial charge >= 0.3 is 0 Å². The van der Waals surface area contributed by atoms with Gasteiger partial charge < -0.3 is 9.47 Å². The third kappa shape index (κ3) is 5.96. The van der Waals surface area contributed by atoms with Crippen LogP contribution in [0, 0.1) is 5.41 Å². The molecule has 0 spiro atoms. The molecular formula is C27H29NO2S. The first kappa shape index (κ1) is 22.6. The van der Waals surface area contributed by atoms with Crippen molar-refractivity contribution in [2.75, 3.05) is 14.2 Å². The fourth-order valence-electron chi connectivity index (χ4n) is 3.46. The van der Waals surface area contributed by atoms with E-state index in [1.807, 2.05) is 30.3 Å². The van der Waals surface area contributed by atoms with Gasteiger partial charge in [0.15, 0.2) is 0 Å². The van der Waals surface area contributed by atoms with Gasteiger partial charge in [-0.2, -0.15) is 0 Å². The highest BCUT2D eigenvalue weighted by atomic mass is 32.1. The van der Waals surface area contributed by atoms with Crippen LogP contribution in [-0.4, -0.2) is 14.2 Å². The van der Waals surface area contributed by atoms with E-state index in [0.717, 1.165) is 34.8 Å². The van der Waals surface area contributed by atoms with Crippen molar-refractivity contribution in [3.63, 3.8) is 0 Å². The molecule has 1 heterocycles.